The van der Waals surface area contributed by atoms with Crippen molar-refractivity contribution in [1.29, 1.82) is 0 Å². The number of ether oxygens (including phenoxy) is 1. The van der Waals surface area contributed by atoms with Crippen molar-refractivity contribution in [2.24, 2.45) is 0 Å². The first-order valence-corrected chi connectivity index (χ1v) is 7.76. The summed E-state index contributed by atoms with van der Waals surface area (Å²) >= 11 is 0. The van der Waals surface area contributed by atoms with Crippen molar-refractivity contribution in [1.82, 2.24) is 5.32 Å². The Morgan fingerprint density at radius 2 is 1.88 bits per heavy atom. The Kier molecular flexibility index (Phi) is 6.07. The summed E-state index contributed by atoms with van der Waals surface area (Å²) in [7, 11) is 1.26. The van der Waals surface area contributed by atoms with Gasteiger partial charge in [-0.2, -0.15) is 0 Å². The number of hydrogen-bond donors (Lipinski definition) is 1. The van der Waals surface area contributed by atoms with Gasteiger partial charge in [-0.3, -0.25) is 4.79 Å². The van der Waals surface area contributed by atoms with E-state index in [1.54, 1.807) is 0 Å². The molecule has 1 unspecified atom stereocenters. The molecule has 2 rings (SSSR count). The van der Waals surface area contributed by atoms with Gasteiger partial charge >= 0.3 is 5.97 Å². The van der Waals surface area contributed by atoms with Crippen molar-refractivity contribution in [3.05, 3.63) is 71.0 Å². The highest BCUT2D eigenvalue weighted by Crippen LogP contribution is 2.20. The first-order chi connectivity index (χ1) is 11.6. The van der Waals surface area contributed by atoms with Crippen LogP contribution < -0.4 is 5.32 Å². The van der Waals surface area contributed by atoms with E-state index in [4.69, 9.17) is 0 Å². The molecule has 0 spiro atoms. The van der Waals surface area contributed by atoms with Gasteiger partial charge in [-0.05, 0) is 30.2 Å². The van der Waals surface area contributed by atoms with Gasteiger partial charge in [-0.1, -0.05) is 37.3 Å². The lowest BCUT2D eigenvalue weighted by Crippen LogP contribution is -2.29. The molecule has 126 valence electrons. The quantitative estimate of drug-likeness (QED) is 0.826. The van der Waals surface area contributed by atoms with Gasteiger partial charge in [0.2, 0.25) is 5.91 Å². The number of carbonyl (C=O) groups excluding carboxylic acids is 2. The van der Waals surface area contributed by atoms with Gasteiger partial charge in [-0.15, -0.1) is 0 Å². The predicted octanol–water partition coefficient (Wildman–Crippen LogP) is 3.42. The molecule has 0 fully saturated rings. The Morgan fingerprint density at radius 3 is 2.50 bits per heavy atom. The average molecular weight is 329 g/mol. The molecule has 1 N–H and O–H groups in total. The summed E-state index contributed by atoms with van der Waals surface area (Å²) in [5, 5.41) is 2.74. The molecular formula is C19H20FNO3. The molecule has 0 radical (unpaired) electrons. The van der Waals surface area contributed by atoms with Gasteiger partial charge in [0.05, 0.1) is 18.6 Å². The van der Waals surface area contributed by atoms with E-state index in [9.17, 15) is 14.0 Å². The molecule has 0 saturated carbocycles. The molecule has 5 heteroatoms. The summed E-state index contributed by atoms with van der Waals surface area (Å²) in [4.78, 5) is 23.9. The molecule has 24 heavy (non-hydrogen) atoms. The summed E-state index contributed by atoms with van der Waals surface area (Å²) in [5.74, 6) is -1.49. The van der Waals surface area contributed by atoms with Crippen LogP contribution in [0.3, 0.4) is 0 Å². The van der Waals surface area contributed by atoms with Gasteiger partial charge in [0.1, 0.15) is 5.82 Å². The van der Waals surface area contributed by atoms with Gasteiger partial charge < -0.3 is 10.1 Å². The maximum Gasteiger partial charge on any atom is 0.337 e. The molecule has 0 heterocycles. The van der Waals surface area contributed by atoms with Crippen LogP contribution in [0.1, 0.15) is 40.7 Å². The van der Waals surface area contributed by atoms with Crippen molar-refractivity contribution in [3.8, 4) is 0 Å². The highest BCUT2D eigenvalue weighted by molar-refractivity contribution is 5.89. The minimum atomic E-state index is -0.543. The lowest BCUT2D eigenvalue weighted by molar-refractivity contribution is -0.122. The number of halogens is 1. The van der Waals surface area contributed by atoms with Crippen molar-refractivity contribution < 1.29 is 18.7 Å². The van der Waals surface area contributed by atoms with Gasteiger partial charge in [0.15, 0.2) is 0 Å². The summed E-state index contributed by atoms with van der Waals surface area (Å²) in [6.07, 6.45) is 0.639. The van der Waals surface area contributed by atoms with E-state index in [-0.39, 0.29) is 29.5 Å². The minimum absolute atomic E-state index is 0.0127. The summed E-state index contributed by atoms with van der Waals surface area (Å²) in [6, 6.07) is 13.4. The molecule has 0 saturated heterocycles. The Hall–Kier alpha value is -2.69. The smallest absolute Gasteiger partial charge is 0.337 e. The van der Waals surface area contributed by atoms with Crippen LogP contribution in [0.25, 0.3) is 0 Å². The maximum atomic E-state index is 13.9. The van der Waals surface area contributed by atoms with Crippen LogP contribution in [0.15, 0.2) is 48.5 Å². The molecule has 0 aromatic heterocycles. The number of esters is 1. The Balaban J connectivity index is 2.09. The van der Waals surface area contributed by atoms with Crippen LogP contribution in [0.2, 0.25) is 0 Å². The second kappa shape index (κ2) is 8.24. The number of amides is 1. The summed E-state index contributed by atoms with van der Waals surface area (Å²) in [5.41, 5.74) is 1.41. The van der Waals surface area contributed by atoms with Crippen LogP contribution in [0.4, 0.5) is 4.39 Å². The van der Waals surface area contributed by atoms with E-state index in [2.05, 4.69) is 10.1 Å². The molecule has 1 atom stereocenters. The SMILES string of the molecule is CCC(C(=O)NCc1cc(C(=O)OC)ccc1F)c1ccccc1. The second-order valence-electron chi connectivity index (χ2n) is 5.39. The van der Waals surface area contributed by atoms with E-state index < -0.39 is 11.8 Å². The first kappa shape index (κ1) is 17.7. The molecular weight excluding hydrogens is 309 g/mol. The van der Waals surface area contributed by atoms with E-state index in [1.807, 2.05) is 37.3 Å². The molecule has 0 bridgehead atoms. The second-order valence-corrected chi connectivity index (χ2v) is 5.39. The summed E-state index contributed by atoms with van der Waals surface area (Å²) < 4.78 is 18.5. The van der Waals surface area contributed by atoms with Crippen LogP contribution >= 0.6 is 0 Å². The molecule has 0 aliphatic carbocycles. The highest BCUT2D eigenvalue weighted by atomic mass is 19.1. The molecule has 1 amide bonds. The van der Waals surface area contributed by atoms with E-state index >= 15 is 0 Å². The standard InChI is InChI=1S/C19H20FNO3/c1-3-16(13-7-5-4-6-8-13)18(22)21-12-15-11-14(19(23)24-2)9-10-17(15)20/h4-11,16H,3,12H2,1-2H3,(H,21,22). The Bertz CT molecular complexity index is 716. The highest BCUT2D eigenvalue weighted by Gasteiger charge is 2.19. The number of rotatable bonds is 6. The summed E-state index contributed by atoms with van der Waals surface area (Å²) in [6.45, 7) is 1.94. The number of carbonyl (C=O) groups is 2. The monoisotopic (exact) mass is 329 g/mol. The van der Waals surface area contributed by atoms with Crippen LogP contribution in [-0.4, -0.2) is 19.0 Å². The number of nitrogens with one attached hydrogen (secondary N) is 1. The van der Waals surface area contributed by atoms with Gasteiger partial charge in [0.25, 0.3) is 0 Å². The lowest BCUT2D eigenvalue weighted by Gasteiger charge is -2.16. The largest absolute Gasteiger partial charge is 0.465 e. The normalized spacial score (nSPS) is 11.6. The van der Waals surface area contributed by atoms with E-state index in [0.29, 0.717) is 6.42 Å². The zero-order valence-electron chi connectivity index (χ0n) is 13.7. The first-order valence-electron chi connectivity index (χ1n) is 7.76. The molecule has 2 aromatic carbocycles. The molecule has 0 aliphatic heterocycles. The average Bonchev–Trinajstić information content (AvgIpc) is 2.62. The molecule has 2 aromatic rings. The fourth-order valence-electron chi connectivity index (χ4n) is 2.52. The Labute approximate surface area is 140 Å². The van der Waals surface area contributed by atoms with E-state index in [0.717, 1.165) is 5.56 Å². The number of hydrogen-bond acceptors (Lipinski definition) is 3. The van der Waals surface area contributed by atoms with Crippen molar-refractivity contribution in [2.45, 2.75) is 25.8 Å². The van der Waals surface area contributed by atoms with Crippen molar-refractivity contribution in [3.63, 3.8) is 0 Å². The number of methoxy groups -OCH3 is 1. The molecule has 4 nitrogen and oxygen atoms in total. The zero-order chi connectivity index (χ0) is 17.5. The van der Waals surface area contributed by atoms with Crippen LogP contribution in [-0.2, 0) is 16.1 Å². The third-order valence-electron chi connectivity index (χ3n) is 3.85. The minimum Gasteiger partial charge on any atom is -0.465 e. The van der Waals surface area contributed by atoms with Gasteiger partial charge in [0, 0.05) is 12.1 Å². The fraction of sp³-hybridized carbons (Fsp3) is 0.263. The predicted molar refractivity (Wildman–Crippen MR) is 89.1 cm³/mol. The lowest BCUT2D eigenvalue weighted by atomic mass is 9.95. The third kappa shape index (κ3) is 4.19. The topological polar surface area (TPSA) is 55.4 Å². The Morgan fingerprint density at radius 1 is 1.17 bits per heavy atom. The third-order valence-corrected chi connectivity index (χ3v) is 3.85. The van der Waals surface area contributed by atoms with E-state index in [1.165, 1.54) is 25.3 Å². The van der Waals surface area contributed by atoms with Crippen LogP contribution in [0, 0.1) is 5.82 Å². The van der Waals surface area contributed by atoms with Crippen molar-refractivity contribution in [2.75, 3.05) is 7.11 Å². The maximum absolute atomic E-state index is 13.9. The molecule has 0 aliphatic rings. The fourth-order valence-corrected chi connectivity index (χ4v) is 2.52. The van der Waals surface area contributed by atoms with Gasteiger partial charge in [-0.25, -0.2) is 9.18 Å². The van der Waals surface area contributed by atoms with Crippen molar-refractivity contribution >= 4 is 11.9 Å². The van der Waals surface area contributed by atoms with Crippen LogP contribution in [0.5, 0.6) is 0 Å². The number of benzene rings is 2. The zero-order valence-corrected chi connectivity index (χ0v) is 13.7.